The Morgan fingerprint density at radius 2 is 2.09 bits per heavy atom. The minimum atomic E-state index is 0.0321. The number of aryl methyl sites for hydroxylation is 1. The van der Waals surface area contributed by atoms with E-state index < -0.39 is 0 Å². The first-order valence-electron chi connectivity index (χ1n) is 11.6. The van der Waals surface area contributed by atoms with Gasteiger partial charge in [0.25, 0.3) is 5.91 Å². The molecule has 0 radical (unpaired) electrons. The van der Waals surface area contributed by atoms with Crippen LogP contribution in [-0.2, 0) is 6.54 Å². The second-order valence-electron chi connectivity index (χ2n) is 9.42. The van der Waals surface area contributed by atoms with Crippen LogP contribution in [0.1, 0.15) is 41.6 Å². The molecule has 6 rings (SSSR count). The minimum Gasteiger partial charge on any atom is -0.454 e. The van der Waals surface area contributed by atoms with Crippen molar-refractivity contribution < 1.29 is 9.21 Å². The van der Waals surface area contributed by atoms with Gasteiger partial charge in [0.2, 0.25) is 0 Å². The lowest BCUT2D eigenvalue weighted by molar-refractivity contribution is 0.0709. The number of likely N-dealkylation sites (tertiary alicyclic amines) is 1. The van der Waals surface area contributed by atoms with Crippen molar-refractivity contribution in [3.05, 3.63) is 53.7 Å². The Bertz CT molecular complexity index is 1330. The summed E-state index contributed by atoms with van der Waals surface area (Å²) in [7, 11) is 0. The summed E-state index contributed by atoms with van der Waals surface area (Å²) in [5, 5.41) is 2.17. The van der Waals surface area contributed by atoms with Crippen LogP contribution in [0.3, 0.4) is 0 Å². The summed E-state index contributed by atoms with van der Waals surface area (Å²) in [4.78, 5) is 19.6. The zero-order valence-corrected chi connectivity index (χ0v) is 18.4. The van der Waals surface area contributed by atoms with Gasteiger partial charge in [-0.05, 0) is 68.9 Å². The van der Waals surface area contributed by atoms with Gasteiger partial charge in [-0.1, -0.05) is 6.07 Å². The summed E-state index contributed by atoms with van der Waals surface area (Å²) < 4.78 is 8.72. The fourth-order valence-electron chi connectivity index (χ4n) is 5.00. The molecular weight excluding hydrogens is 400 g/mol. The summed E-state index contributed by atoms with van der Waals surface area (Å²) in [5.41, 5.74) is 10.7. The van der Waals surface area contributed by atoms with Crippen molar-refractivity contribution in [2.75, 3.05) is 13.1 Å². The van der Waals surface area contributed by atoms with Crippen molar-refractivity contribution in [3.63, 3.8) is 0 Å². The number of carbonyl (C=O) groups is 1. The molecular formula is C26H28N4O2. The first-order chi connectivity index (χ1) is 15.6. The maximum atomic E-state index is 13.1. The van der Waals surface area contributed by atoms with Gasteiger partial charge in [0.1, 0.15) is 11.2 Å². The number of fused-ring (bicyclic) bond motifs is 2. The fraction of sp³-hybridized carbons (Fsp3) is 0.385. The van der Waals surface area contributed by atoms with Crippen molar-refractivity contribution in [1.29, 1.82) is 0 Å². The molecule has 1 aliphatic heterocycles. The monoisotopic (exact) mass is 428 g/mol. The predicted octanol–water partition coefficient (Wildman–Crippen LogP) is 4.73. The summed E-state index contributed by atoms with van der Waals surface area (Å²) >= 11 is 0. The van der Waals surface area contributed by atoms with Crippen LogP contribution in [0.5, 0.6) is 0 Å². The number of aromatic nitrogens is 2. The van der Waals surface area contributed by atoms with E-state index in [1.54, 1.807) is 0 Å². The second kappa shape index (κ2) is 7.48. The smallest absolute Gasteiger partial charge is 0.254 e. The van der Waals surface area contributed by atoms with E-state index in [0.29, 0.717) is 12.1 Å². The van der Waals surface area contributed by atoms with Crippen LogP contribution in [0.15, 0.2) is 47.0 Å². The zero-order chi connectivity index (χ0) is 21.8. The molecule has 4 aromatic rings. The van der Waals surface area contributed by atoms with E-state index in [4.69, 9.17) is 10.2 Å². The molecule has 1 atom stereocenters. The first kappa shape index (κ1) is 19.6. The molecule has 1 aromatic carbocycles. The standard InChI is InChI=1S/C26H28N4O2/c1-16-21-9-8-19(26(31)29-11-3-5-20(27)15-29)13-23(21)32-24(16)22-12-18-4-2-10-28-25(18)30(22)14-17-6-7-17/h2,4,8-10,12-13,17,20H,3,5-7,11,14-15,27H2,1H3. The third kappa shape index (κ3) is 3.30. The van der Waals surface area contributed by atoms with Gasteiger partial charge in [0, 0.05) is 53.8 Å². The fourth-order valence-corrected chi connectivity index (χ4v) is 5.00. The van der Waals surface area contributed by atoms with Crippen LogP contribution >= 0.6 is 0 Å². The van der Waals surface area contributed by atoms with Gasteiger partial charge in [-0.3, -0.25) is 4.79 Å². The van der Waals surface area contributed by atoms with E-state index in [1.165, 1.54) is 12.8 Å². The average molecular weight is 429 g/mol. The Kier molecular flexibility index (Phi) is 4.57. The topological polar surface area (TPSA) is 77.3 Å². The van der Waals surface area contributed by atoms with Crippen LogP contribution in [0.2, 0.25) is 0 Å². The number of hydrogen-bond donors (Lipinski definition) is 1. The Morgan fingerprint density at radius 3 is 2.91 bits per heavy atom. The lowest BCUT2D eigenvalue weighted by Gasteiger charge is -2.30. The summed E-state index contributed by atoms with van der Waals surface area (Å²) in [6, 6.07) is 12.1. The van der Waals surface area contributed by atoms with Crippen LogP contribution in [0, 0.1) is 12.8 Å². The van der Waals surface area contributed by atoms with E-state index in [-0.39, 0.29) is 11.9 Å². The zero-order valence-electron chi connectivity index (χ0n) is 18.4. The van der Waals surface area contributed by atoms with Crippen molar-refractivity contribution in [3.8, 4) is 11.5 Å². The molecule has 0 spiro atoms. The minimum absolute atomic E-state index is 0.0321. The van der Waals surface area contributed by atoms with Gasteiger partial charge in [-0.25, -0.2) is 4.98 Å². The highest BCUT2D eigenvalue weighted by atomic mass is 16.3. The van der Waals surface area contributed by atoms with Crippen LogP contribution < -0.4 is 5.73 Å². The van der Waals surface area contributed by atoms with Crippen molar-refractivity contribution in [1.82, 2.24) is 14.5 Å². The Hall–Kier alpha value is -3.12. The number of hydrogen-bond acceptors (Lipinski definition) is 4. The van der Waals surface area contributed by atoms with E-state index in [9.17, 15) is 4.79 Å². The number of piperidine rings is 1. The van der Waals surface area contributed by atoms with Gasteiger partial charge in [0.15, 0.2) is 5.76 Å². The van der Waals surface area contributed by atoms with Gasteiger partial charge in [-0.2, -0.15) is 0 Å². The van der Waals surface area contributed by atoms with E-state index in [0.717, 1.165) is 70.9 Å². The molecule has 2 N–H and O–H groups in total. The van der Waals surface area contributed by atoms with Gasteiger partial charge in [0.05, 0.1) is 5.69 Å². The maximum Gasteiger partial charge on any atom is 0.254 e. The van der Waals surface area contributed by atoms with Gasteiger partial charge < -0.3 is 19.6 Å². The molecule has 164 valence electrons. The Labute approximate surface area is 187 Å². The predicted molar refractivity (Wildman–Crippen MR) is 126 cm³/mol. The summed E-state index contributed by atoms with van der Waals surface area (Å²) in [6.45, 7) is 4.44. The molecule has 6 nitrogen and oxygen atoms in total. The molecule has 1 amide bonds. The van der Waals surface area contributed by atoms with Crippen molar-refractivity contribution >= 4 is 27.9 Å². The van der Waals surface area contributed by atoms with Crippen LogP contribution in [0.25, 0.3) is 33.5 Å². The molecule has 32 heavy (non-hydrogen) atoms. The molecule has 1 aliphatic carbocycles. The normalized spacial score (nSPS) is 19.2. The molecule has 3 aromatic heterocycles. The number of benzene rings is 1. The third-order valence-corrected chi connectivity index (χ3v) is 6.96. The van der Waals surface area contributed by atoms with Crippen LogP contribution in [0.4, 0.5) is 0 Å². The molecule has 6 heteroatoms. The first-order valence-corrected chi connectivity index (χ1v) is 11.6. The summed E-state index contributed by atoms with van der Waals surface area (Å²) in [6.07, 6.45) is 6.34. The lowest BCUT2D eigenvalue weighted by Crippen LogP contribution is -2.45. The molecule has 2 fully saturated rings. The van der Waals surface area contributed by atoms with Gasteiger partial charge in [-0.15, -0.1) is 0 Å². The Morgan fingerprint density at radius 1 is 1.22 bits per heavy atom. The maximum absolute atomic E-state index is 13.1. The number of amides is 1. The average Bonchev–Trinajstić information content (AvgIpc) is 3.48. The highest BCUT2D eigenvalue weighted by Crippen LogP contribution is 2.39. The molecule has 1 saturated carbocycles. The number of pyridine rings is 1. The number of nitrogens with two attached hydrogens (primary N) is 1. The highest BCUT2D eigenvalue weighted by Gasteiger charge is 2.27. The van der Waals surface area contributed by atoms with Gasteiger partial charge >= 0.3 is 0 Å². The van der Waals surface area contributed by atoms with Crippen molar-refractivity contribution in [2.45, 2.75) is 45.2 Å². The van der Waals surface area contributed by atoms with E-state index >= 15 is 0 Å². The third-order valence-electron chi connectivity index (χ3n) is 6.96. The highest BCUT2D eigenvalue weighted by molar-refractivity contribution is 5.99. The van der Waals surface area contributed by atoms with E-state index in [1.807, 2.05) is 35.4 Å². The SMILES string of the molecule is Cc1c(-c2cc3cccnc3n2CC2CC2)oc2cc(C(=O)N3CCCC(N)C3)ccc12. The summed E-state index contributed by atoms with van der Waals surface area (Å²) in [5.74, 6) is 1.61. The number of furan rings is 1. The molecule has 1 saturated heterocycles. The van der Waals surface area contributed by atoms with E-state index in [2.05, 4.69) is 28.6 Å². The van der Waals surface area contributed by atoms with Crippen molar-refractivity contribution in [2.24, 2.45) is 11.7 Å². The van der Waals surface area contributed by atoms with Crippen LogP contribution in [-0.4, -0.2) is 39.5 Å². The number of carbonyl (C=O) groups excluding carboxylic acids is 1. The Balaban J connectivity index is 1.42. The number of nitrogens with zero attached hydrogens (tertiary/aromatic N) is 3. The largest absolute Gasteiger partial charge is 0.454 e. The lowest BCUT2D eigenvalue weighted by atomic mass is 10.0. The quantitative estimate of drug-likeness (QED) is 0.510. The molecule has 2 aliphatic rings. The molecule has 1 unspecified atom stereocenters. The molecule has 0 bridgehead atoms. The number of rotatable bonds is 4. The second-order valence-corrected chi connectivity index (χ2v) is 9.42. The molecule has 4 heterocycles.